The number of hydrogen-bond acceptors (Lipinski definition) is 5. The van der Waals surface area contributed by atoms with Gasteiger partial charge < -0.3 is 9.64 Å². The maximum absolute atomic E-state index is 12.1. The summed E-state index contributed by atoms with van der Waals surface area (Å²) in [4.78, 5) is 16.3. The number of nitrogens with two attached hydrogens (primary N) is 1. The Balaban J connectivity index is 1.51. The van der Waals surface area contributed by atoms with E-state index in [0.717, 1.165) is 18.7 Å². The summed E-state index contributed by atoms with van der Waals surface area (Å²) in [5, 5.41) is 5.21. The summed E-state index contributed by atoms with van der Waals surface area (Å²) < 4.78 is 29.5. The number of benzene rings is 2. The van der Waals surface area contributed by atoms with Gasteiger partial charge >= 0.3 is 0 Å². The highest BCUT2D eigenvalue weighted by Gasteiger charge is 2.29. The fourth-order valence-corrected chi connectivity index (χ4v) is 4.88. The molecule has 7 nitrogen and oxygen atoms in total. The molecule has 33 heavy (non-hydrogen) atoms. The van der Waals surface area contributed by atoms with Crippen molar-refractivity contribution in [3.05, 3.63) is 72.3 Å². The minimum absolute atomic E-state index is 0.0411. The topological polar surface area (TPSA) is 92.9 Å². The second-order valence-electron chi connectivity index (χ2n) is 8.91. The third-order valence-electron chi connectivity index (χ3n) is 6.38. The summed E-state index contributed by atoms with van der Waals surface area (Å²) >= 11 is 0. The lowest BCUT2D eigenvalue weighted by Gasteiger charge is -2.40. The SMILES string of the molecule is C=CC(=O)N1CCN(C[C@@H](Oc2ccc(S(N)(=O)=O)cc2)c2ccc(C3CC3)cc2)C[C@H]1C. The van der Waals surface area contributed by atoms with Gasteiger partial charge in [0.15, 0.2) is 0 Å². The van der Waals surface area contributed by atoms with Crippen LogP contribution < -0.4 is 9.88 Å². The molecule has 2 N–H and O–H groups in total. The van der Waals surface area contributed by atoms with E-state index in [2.05, 4.69) is 35.7 Å². The molecular formula is C25H31N3O4S. The minimum Gasteiger partial charge on any atom is -0.484 e. The fraction of sp³-hybridized carbons (Fsp3) is 0.400. The van der Waals surface area contributed by atoms with Crippen molar-refractivity contribution in [1.29, 1.82) is 0 Å². The number of primary sulfonamides is 1. The number of piperazine rings is 1. The van der Waals surface area contributed by atoms with Gasteiger partial charge in [-0.3, -0.25) is 9.69 Å². The third kappa shape index (κ3) is 5.82. The van der Waals surface area contributed by atoms with E-state index in [0.29, 0.717) is 24.8 Å². The predicted molar refractivity (Wildman–Crippen MR) is 127 cm³/mol. The highest BCUT2D eigenvalue weighted by molar-refractivity contribution is 7.89. The van der Waals surface area contributed by atoms with Crippen molar-refractivity contribution in [2.24, 2.45) is 5.14 Å². The van der Waals surface area contributed by atoms with Gasteiger partial charge in [0.2, 0.25) is 15.9 Å². The normalized spacial score (nSPS) is 20.3. The molecule has 0 unspecified atom stereocenters. The first kappa shape index (κ1) is 23.5. The second kappa shape index (κ2) is 9.67. The summed E-state index contributed by atoms with van der Waals surface area (Å²) in [6, 6.07) is 14.9. The van der Waals surface area contributed by atoms with Crippen LogP contribution in [0.1, 0.15) is 42.9 Å². The summed E-state index contributed by atoms with van der Waals surface area (Å²) in [6.45, 7) is 8.42. The van der Waals surface area contributed by atoms with Crippen molar-refractivity contribution >= 4 is 15.9 Å². The predicted octanol–water partition coefficient (Wildman–Crippen LogP) is 3.05. The van der Waals surface area contributed by atoms with E-state index >= 15 is 0 Å². The molecule has 2 aromatic rings. The number of carbonyl (C=O) groups excluding carboxylic acids is 1. The van der Waals surface area contributed by atoms with Crippen LogP contribution in [0.15, 0.2) is 66.1 Å². The minimum atomic E-state index is -3.75. The molecule has 0 spiro atoms. The molecule has 1 saturated carbocycles. The monoisotopic (exact) mass is 469 g/mol. The van der Waals surface area contributed by atoms with Crippen LogP contribution in [0.2, 0.25) is 0 Å². The Morgan fingerprint density at radius 1 is 1.15 bits per heavy atom. The van der Waals surface area contributed by atoms with Gasteiger partial charge in [0.1, 0.15) is 11.9 Å². The van der Waals surface area contributed by atoms with Crippen LogP contribution in [0.5, 0.6) is 5.75 Å². The number of rotatable bonds is 8. The molecule has 176 valence electrons. The molecule has 1 amide bonds. The summed E-state index contributed by atoms with van der Waals surface area (Å²) in [5.41, 5.74) is 2.42. The number of hydrogen-bond donors (Lipinski definition) is 1. The van der Waals surface area contributed by atoms with Crippen molar-refractivity contribution in [2.75, 3.05) is 26.2 Å². The van der Waals surface area contributed by atoms with E-state index in [9.17, 15) is 13.2 Å². The smallest absolute Gasteiger partial charge is 0.246 e. The maximum Gasteiger partial charge on any atom is 0.246 e. The highest BCUT2D eigenvalue weighted by atomic mass is 32.2. The Morgan fingerprint density at radius 2 is 1.82 bits per heavy atom. The zero-order valence-corrected chi connectivity index (χ0v) is 19.7. The molecule has 0 bridgehead atoms. The van der Waals surface area contributed by atoms with Crippen LogP contribution >= 0.6 is 0 Å². The van der Waals surface area contributed by atoms with Crippen molar-refractivity contribution in [2.45, 2.75) is 42.7 Å². The number of nitrogens with zero attached hydrogens (tertiary/aromatic N) is 2. The molecule has 2 atom stereocenters. The van der Waals surface area contributed by atoms with Gasteiger partial charge in [-0.05, 0) is 67.2 Å². The summed E-state index contributed by atoms with van der Waals surface area (Å²) in [7, 11) is -3.75. The van der Waals surface area contributed by atoms with E-state index in [4.69, 9.17) is 9.88 Å². The van der Waals surface area contributed by atoms with E-state index in [1.54, 1.807) is 12.1 Å². The molecule has 1 saturated heterocycles. The number of ether oxygens (including phenoxy) is 1. The highest BCUT2D eigenvalue weighted by Crippen LogP contribution is 2.40. The van der Waals surface area contributed by atoms with Crippen LogP contribution in [0.25, 0.3) is 0 Å². The standard InChI is InChI=1S/C25H31N3O4S/c1-3-25(29)28-15-14-27(16-18(28)2)17-24(21-8-6-20(7-9-21)19-4-5-19)32-22-10-12-23(13-11-22)33(26,30)31/h3,6-13,18-19,24H,1,4-5,14-17H2,2H3,(H2,26,30,31)/t18-,24-/m1/s1. The molecule has 4 rings (SSSR count). The molecular weight excluding hydrogens is 438 g/mol. The Morgan fingerprint density at radius 3 is 2.36 bits per heavy atom. The molecule has 2 aromatic carbocycles. The Kier molecular flexibility index (Phi) is 6.88. The van der Waals surface area contributed by atoms with Crippen molar-refractivity contribution in [3.8, 4) is 5.75 Å². The second-order valence-corrected chi connectivity index (χ2v) is 10.5. The summed E-state index contributed by atoms with van der Waals surface area (Å²) in [5.74, 6) is 1.22. The van der Waals surface area contributed by atoms with Crippen molar-refractivity contribution < 1.29 is 17.9 Å². The Labute approximate surface area is 195 Å². The van der Waals surface area contributed by atoms with E-state index < -0.39 is 10.0 Å². The molecule has 1 heterocycles. The Bertz CT molecular complexity index is 1100. The van der Waals surface area contributed by atoms with E-state index in [1.165, 1.54) is 36.6 Å². The molecule has 1 aliphatic carbocycles. The van der Waals surface area contributed by atoms with Crippen LogP contribution in [0.4, 0.5) is 0 Å². The van der Waals surface area contributed by atoms with Crippen LogP contribution in [-0.4, -0.2) is 56.3 Å². The van der Waals surface area contributed by atoms with Crippen LogP contribution in [0, 0.1) is 0 Å². The lowest BCUT2D eigenvalue weighted by atomic mass is 10.0. The van der Waals surface area contributed by atoms with Gasteiger partial charge in [0.25, 0.3) is 0 Å². The molecule has 2 fully saturated rings. The average molecular weight is 470 g/mol. The van der Waals surface area contributed by atoms with E-state index in [-0.39, 0.29) is 22.9 Å². The van der Waals surface area contributed by atoms with Crippen molar-refractivity contribution in [3.63, 3.8) is 0 Å². The van der Waals surface area contributed by atoms with Crippen LogP contribution in [0.3, 0.4) is 0 Å². The third-order valence-corrected chi connectivity index (χ3v) is 7.31. The van der Waals surface area contributed by atoms with Gasteiger partial charge in [-0.2, -0.15) is 0 Å². The number of sulfonamides is 1. The average Bonchev–Trinajstić information content (AvgIpc) is 3.64. The number of carbonyl (C=O) groups is 1. The van der Waals surface area contributed by atoms with Gasteiger partial charge in [0.05, 0.1) is 4.90 Å². The van der Waals surface area contributed by atoms with Crippen molar-refractivity contribution in [1.82, 2.24) is 9.80 Å². The lowest BCUT2D eigenvalue weighted by molar-refractivity contribution is -0.130. The largest absolute Gasteiger partial charge is 0.484 e. The van der Waals surface area contributed by atoms with Gasteiger partial charge in [0, 0.05) is 32.2 Å². The number of amides is 1. The lowest BCUT2D eigenvalue weighted by Crippen LogP contribution is -2.54. The molecule has 8 heteroatoms. The van der Waals surface area contributed by atoms with Crippen LogP contribution in [-0.2, 0) is 14.8 Å². The maximum atomic E-state index is 12.1. The fourth-order valence-electron chi connectivity index (χ4n) is 4.36. The quantitative estimate of drug-likeness (QED) is 0.600. The first-order chi connectivity index (χ1) is 15.7. The van der Waals surface area contributed by atoms with E-state index in [1.807, 2.05) is 11.8 Å². The van der Waals surface area contributed by atoms with Gasteiger partial charge in [-0.25, -0.2) is 13.6 Å². The summed E-state index contributed by atoms with van der Waals surface area (Å²) in [6.07, 6.45) is 3.63. The van der Waals surface area contributed by atoms with Gasteiger partial charge in [-0.1, -0.05) is 30.8 Å². The molecule has 0 aromatic heterocycles. The zero-order chi connectivity index (χ0) is 23.6. The first-order valence-corrected chi connectivity index (χ1v) is 12.8. The molecule has 0 radical (unpaired) electrons. The van der Waals surface area contributed by atoms with Gasteiger partial charge in [-0.15, -0.1) is 0 Å². The zero-order valence-electron chi connectivity index (χ0n) is 18.9. The molecule has 1 aliphatic heterocycles. The molecule has 2 aliphatic rings. The Hall–Kier alpha value is -2.68. The first-order valence-electron chi connectivity index (χ1n) is 11.3.